The first kappa shape index (κ1) is 15.2. The third-order valence-corrected chi connectivity index (χ3v) is 6.15. The quantitative estimate of drug-likeness (QED) is 0.516. The maximum atomic E-state index is 6.34. The molecule has 4 aromatic rings. The van der Waals surface area contributed by atoms with Crippen molar-refractivity contribution in [3.05, 3.63) is 64.9 Å². The molecule has 0 radical (unpaired) electrons. The van der Waals surface area contributed by atoms with Gasteiger partial charge in [0.1, 0.15) is 0 Å². The highest BCUT2D eigenvalue weighted by Crippen LogP contribution is 2.36. The van der Waals surface area contributed by atoms with Crippen molar-refractivity contribution in [1.82, 2.24) is 19.5 Å². The molecule has 0 unspecified atom stereocenters. The van der Waals surface area contributed by atoms with Crippen LogP contribution >= 0.6 is 23.5 Å². The van der Waals surface area contributed by atoms with Crippen LogP contribution in [0.1, 0.15) is 11.1 Å². The van der Waals surface area contributed by atoms with Gasteiger partial charge in [0.25, 0.3) is 0 Å². The first-order valence-electron chi connectivity index (χ1n) is 8.19. The summed E-state index contributed by atoms with van der Waals surface area (Å²) in [6.45, 7) is 1.88. The normalized spacial score (nSPS) is 14.9. The van der Waals surface area contributed by atoms with E-state index in [4.69, 9.17) is 11.6 Å². The largest absolute Gasteiger partial charge is 0.261 e. The third-order valence-electron chi connectivity index (χ3n) is 4.70. The maximum absolute atomic E-state index is 6.34. The van der Waals surface area contributed by atoms with Crippen LogP contribution < -0.4 is 0 Å². The Morgan fingerprint density at radius 2 is 1.92 bits per heavy atom. The summed E-state index contributed by atoms with van der Waals surface area (Å²) in [5.74, 6) is 0. The highest BCUT2D eigenvalue weighted by Gasteiger charge is 2.21. The summed E-state index contributed by atoms with van der Waals surface area (Å²) in [4.78, 5) is 5.72. The first-order valence-corrected chi connectivity index (χ1v) is 9.35. The number of halogens is 1. The van der Waals surface area contributed by atoms with Gasteiger partial charge in [-0.05, 0) is 47.0 Å². The Kier molecular flexibility index (Phi) is 3.66. The van der Waals surface area contributed by atoms with E-state index in [1.807, 2.05) is 24.5 Å². The van der Waals surface area contributed by atoms with Crippen LogP contribution in [0.4, 0.5) is 0 Å². The van der Waals surface area contributed by atoms with E-state index in [0.717, 1.165) is 41.0 Å². The minimum absolute atomic E-state index is 0.801. The van der Waals surface area contributed by atoms with E-state index in [2.05, 4.69) is 43.8 Å². The molecule has 1 aliphatic heterocycles. The van der Waals surface area contributed by atoms with Crippen molar-refractivity contribution >= 4 is 45.4 Å². The number of aromatic nitrogens is 3. The third kappa shape index (κ3) is 2.59. The number of pyridine rings is 1. The summed E-state index contributed by atoms with van der Waals surface area (Å²) < 4.78 is 2.39. The SMILES string of the molecule is Clc1cccc2c(SN3CCc4c(cnc5[nH]ncc45)C3)cccc12. The van der Waals surface area contributed by atoms with Crippen molar-refractivity contribution < 1.29 is 0 Å². The van der Waals surface area contributed by atoms with Gasteiger partial charge < -0.3 is 0 Å². The first-order chi connectivity index (χ1) is 12.3. The average molecular weight is 367 g/mol. The molecule has 0 bridgehead atoms. The number of nitrogens with zero attached hydrogens (tertiary/aromatic N) is 3. The summed E-state index contributed by atoms with van der Waals surface area (Å²) in [5.41, 5.74) is 3.53. The fraction of sp³-hybridized carbons (Fsp3) is 0.158. The number of hydrogen-bond acceptors (Lipinski definition) is 4. The van der Waals surface area contributed by atoms with Gasteiger partial charge in [0.15, 0.2) is 5.65 Å². The summed E-state index contributed by atoms with van der Waals surface area (Å²) in [6.07, 6.45) is 4.87. The van der Waals surface area contributed by atoms with Crippen LogP contribution in [0.3, 0.4) is 0 Å². The zero-order valence-electron chi connectivity index (χ0n) is 13.4. The van der Waals surface area contributed by atoms with E-state index in [-0.39, 0.29) is 0 Å². The zero-order valence-corrected chi connectivity index (χ0v) is 14.9. The van der Waals surface area contributed by atoms with Gasteiger partial charge in [-0.3, -0.25) is 5.10 Å². The average Bonchev–Trinajstić information content (AvgIpc) is 3.11. The van der Waals surface area contributed by atoms with Crippen molar-refractivity contribution in [2.75, 3.05) is 6.54 Å². The number of rotatable bonds is 2. The zero-order chi connectivity index (χ0) is 16.8. The van der Waals surface area contributed by atoms with Gasteiger partial charge in [-0.25, -0.2) is 9.29 Å². The van der Waals surface area contributed by atoms with Gasteiger partial charge in [-0.2, -0.15) is 5.10 Å². The highest BCUT2D eigenvalue weighted by atomic mass is 35.5. The van der Waals surface area contributed by atoms with E-state index in [1.165, 1.54) is 21.4 Å². The molecule has 0 atom stereocenters. The standard InChI is InChI=1S/C19H15ClN4S/c20-17-5-1-4-15-14(17)3-2-6-18(15)25-24-8-7-13-12(11-24)9-21-19-16(13)10-22-23-19/h1-6,9-10H,7-8,11H2,(H,21,22,23). The molecule has 5 rings (SSSR count). The molecule has 1 aliphatic rings. The Morgan fingerprint density at radius 1 is 1.04 bits per heavy atom. The molecule has 2 aromatic carbocycles. The predicted octanol–water partition coefficient (Wildman–Crippen LogP) is 4.83. The van der Waals surface area contributed by atoms with Crippen LogP contribution in [0.25, 0.3) is 21.8 Å². The minimum atomic E-state index is 0.801. The molecule has 2 aromatic heterocycles. The molecular weight excluding hydrogens is 352 g/mol. The van der Waals surface area contributed by atoms with Crippen LogP contribution in [-0.2, 0) is 13.0 Å². The van der Waals surface area contributed by atoms with Crippen molar-refractivity contribution in [3.63, 3.8) is 0 Å². The Balaban J connectivity index is 1.47. The van der Waals surface area contributed by atoms with E-state index in [0.29, 0.717) is 0 Å². The molecule has 0 spiro atoms. The lowest BCUT2D eigenvalue weighted by Gasteiger charge is -2.28. The van der Waals surface area contributed by atoms with Gasteiger partial charge in [0, 0.05) is 40.0 Å². The second-order valence-corrected chi connectivity index (χ2v) is 7.74. The molecule has 124 valence electrons. The molecule has 25 heavy (non-hydrogen) atoms. The van der Waals surface area contributed by atoms with E-state index in [9.17, 15) is 0 Å². The van der Waals surface area contributed by atoms with Crippen LogP contribution in [0.5, 0.6) is 0 Å². The van der Waals surface area contributed by atoms with Crippen molar-refractivity contribution in [2.45, 2.75) is 17.9 Å². The van der Waals surface area contributed by atoms with E-state index < -0.39 is 0 Å². The summed E-state index contributed by atoms with van der Waals surface area (Å²) in [6, 6.07) is 12.4. The molecule has 1 N–H and O–H groups in total. The van der Waals surface area contributed by atoms with Crippen molar-refractivity contribution in [1.29, 1.82) is 0 Å². The fourth-order valence-corrected chi connectivity index (χ4v) is 4.79. The lowest BCUT2D eigenvalue weighted by molar-refractivity contribution is 0.445. The number of H-pyrrole nitrogens is 1. The predicted molar refractivity (Wildman–Crippen MR) is 103 cm³/mol. The number of benzene rings is 2. The fourth-order valence-electron chi connectivity index (χ4n) is 3.47. The minimum Gasteiger partial charge on any atom is -0.261 e. The molecule has 3 heterocycles. The van der Waals surface area contributed by atoms with Gasteiger partial charge >= 0.3 is 0 Å². The lowest BCUT2D eigenvalue weighted by Crippen LogP contribution is -2.25. The molecular formula is C19H15ClN4S. The molecule has 0 aliphatic carbocycles. The van der Waals surface area contributed by atoms with Crippen LogP contribution in [-0.4, -0.2) is 26.0 Å². The van der Waals surface area contributed by atoms with Crippen molar-refractivity contribution in [3.8, 4) is 0 Å². The monoisotopic (exact) mass is 366 g/mol. The second-order valence-electron chi connectivity index (χ2n) is 6.19. The number of fused-ring (bicyclic) bond motifs is 4. The Labute approximate surface area is 154 Å². The number of aromatic amines is 1. The molecule has 4 nitrogen and oxygen atoms in total. The Morgan fingerprint density at radius 3 is 2.88 bits per heavy atom. The summed E-state index contributed by atoms with van der Waals surface area (Å²) in [7, 11) is 0. The molecule has 6 heteroatoms. The maximum Gasteiger partial charge on any atom is 0.155 e. The van der Waals surface area contributed by atoms with Gasteiger partial charge in [0.2, 0.25) is 0 Å². The van der Waals surface area contributed by atoms with Crippen LogP contribution in [0.15, 0.2) is 53.7 Å². The topological polar surface area (TPSA) is 44.8 Å². The van der Waals surface area contributed by atoms with Crippen LogP contribution in [0, 0.1) is 0 Å². The molecule has 0 fully saturated rings. The highest BCUT2D eigenvalue weighted by molar-refractivity contribution is 7.97. The Hall–Kier alpha value is -2.08. The second kappa shape index (κ2) is 6.02. The van der Waals surface area contributed by atoms with E-state index in [1.54, 1.807) is 11.9 Å². The van der Waals surface area contributed by atoms with Crippen LogP contribution in [0.2, 0.25) is 5.02 Å². The molecule has 0 saturated heterocycles. The summed E-state index contributed by atoms with van der Waals surface area (Å²) >= 11 is 8.14. The van der Waals surface area contributed by atoms with Gasteiger partial charge in [-0.1, -0.05) is 35.9 Å². The summed E-state index contributed by atoms with van der Waals surface area (Å²) in [5, 5.41) is 11.3. The van der Waals surface area contributed by atoms with Crippen molar-refractivity contribution in [2.24, 2.45) is 0 Å². The lowest BCUT2D eigenvalue weighted by atomic mass is 10.0. The molecule has 0 saturated carbocycles. The van der Waals surface area contributed by atoms with Gasteiger partial charge in [-0.15, -0.1) is 0 Å². The van der Waals surface area contributed by atoms with Gasteiger partial charge in [0.05, 0.1) is 6.20 Å². The smallest absolute Gasteiger partial charge is 0.155 e. The number of nitrogens with one attached hydrogen (secondary N) is 1. The van der Waals surface area contributed by atoms with E-state index >= 15 is 0 Å². The number of hydrogen-bond donors (Lipinski definition) is 1. The molecule has 0 amide bonds. The Bertz CT molecular complexity index is 1090.